The Kier molecular flexibility index (Phi) is 6.81. The van der Waals surface area contributed by atoms with Crippen LogP contribution in [0.15, 0.2) is 78.2 Å². The van der Waals surface area contributed by atoms with Gasteiger partial charge in [-0.05, 0) is 53.8 Å². The number of amides is 1. The molecule has 0 unspecified atom stereocenters. The first-order valence-corrected chi connectivity index (χ1v) is 12.7. The maximum atomic E-state index is 13.3. The number of carbonyl (C=O) groups excluding carboxylic acids is 2. The quantitative estimate of drug-likeness (QED) is 0.361. The monoisotopic (exact) mass is 498 g/mol. The van der Waals surface area contributed by atoms with Gasteiger partial charge < -0.3 is 14.8 Å². The number of carboxylic acid groups (broad SMARTS) is 1. The van der Waals surface area contributed by atoms with Gasteiger partial charge in [0.05, 0.1) is 17.8 Å². The molecule has 0 spiro atoms. The number of rotatable bonds is 7. The second-order valence-electron chi connectivity index (χ2n) is 8.52. The maximum absolute atomic E-state index is 13.3. The molecular formula is C27H24N5O3S-. The van der Waals surface area contributed by atoms with Crippen LogP contribution in [0.3, 0.4) is 0 Å². The van der Waals surface area contributed by atoms with Crippen molar-refractivity contribution in [3.63, 3.8) is 0 Å². The fourth-order valence-electron chi connectivity index (χ4n) is 4.37. The van der Waals surface area contributed by atoms with Crippen molar-refractivity contribution in [3.8, 4) is 17.1 Å². The van der Waals surface area contributed by atoms with E-state index in [4.69, 9.17) is 0 Å². The number of carbonyl (C=O) groups is 2. The smallest absolute Gasteiger partial charge is 0.233 e. The molecule has 1 atom stereocenters. The van der Waals surface area contributed by atoms with Gasteiger partial charge in [-0.2, -0.15) is 0 Å². The lowest BCUT2D eigenvalue weighted by Crippen LogP contribution is -2.54. The predicted molar refractivity (Wildman–Crippen MR) is 134 cm³/mol. The highest BCUT2D eigenvalue weighted by molar-refractivity contribution is 7.99. The molecule has 0 aliphatic carbocycles. The summed E-state index contributed by atoms with van der Waals surface area (Å²) in [7, 11) is 0. The molecule has 36 heavy (non-hydrogen) atoms. The molecule has 3 heterocycles. The summed E-state index contributed by atoms with van der Waals surface area (Å²) >= 11 is 1.23. The van der Waals surface area contributed by atoms with E-state index in [1.54, 1.807) is 12.4 Å². The van der Waals surface area contributed by atoms with Gasteiger partial charge in [-0.1, -0.05) is 55.1 Å². The Morgan fingerprint density at radius 3 is 2.42 bits per heavy atom. The summed E-state index contributed by atoms with van der Waals surface area (Å²) in [5.41, 5.74) is 4.81. The van der Waals surface area contributed by atoms with Crippen molar-refractivity contribution in [2.24, 2.45) is 0 Å². The highest BCUT2D eigenvalue weighted by Crippen LogP contribution is 2.29. The van der Waals surface area contributed by atoms with Crippen LogP contribution in [0, 0.1) is 0 Å². The van der Waals surface area contributed by atoms with E-state index >= 15 is 0 Å². The van der Waals surface area contributed by atoms with Crippen molar-refractivity contribution in [1.82, 2.24) is 24.6 Å². The van der Waals surface area contributed by atoms with Gasteiger partial charge in [0.15, 0.2) is 11.0 Å². The molecule has 2 aromatic heterocycles. The highest BCUT2D eigenvalue weighted by atomic mass is 32.2. The third-order valence-corrected chi connectivity index (χ3v) is 7.25. The molecule has 9 heteroatoms. The van der Waals surface area contributed by atoms with Crippen LogP contribution in [-0.2, 0) is 29.0 Å². The lowest BCUT2D eigenvalue weighted by atomic mass is 9.94. The second kappa shape index (κ2) is 10.3. The Morgan fingerprint density at radius 1 is 1.00 bits per heavy atom. The molecule has 1 amide bonds. The molecule has 0 bridgehead atoms. The summed E-state index contributed by atoms with van der Waals surface area (Å²) in [5, 5.41) is 21.2. The van der Waals surface area contributed by atoms with E-state index < -0.39 is 12.0 Å². The van der Waals surface area contributed by atoms with Gasteiger partial charge in [0, 0.05) is 30.2 Å². The predicted octanol–water partition coefficient (Wildman–Crippen LogP) is 2.69. The third-order valence-electron chi connectivity index (χ3n) is 6.34. The highest BCUT2D eigenvalue weighted by Gasteiger charge is 2.31. The number of aryl methyl sites for hydroxylation is 1. The number of benzene rings is 2. The molecule has 1 aliphatic heterocycles. The molecule has 0 N–H and O–H groups in total. The number of thioether (sulfide) groups is 1. The molecule has 0 saturated heterocycles. The summed E-state index contributed by atoms with van der Waals surface area (Å²) in [4.78, 5) is 30.6. The van der Waals surface area contributed by atoms with Crippen molar-refractivity contribution >= 4 is 23.6 Å². The summed E-state index contributed by atoms with van der Waals surface area (Å²) in [6.45, 7) is 2.34. The first-order chi connectivity index (χ1) is 17.5. The molecule has 2 aromatic carbocycles. The molecule has 182 valence electrons. The third kappa shape index (κ3) is 4.74. The van der Waals surface area contributed by atoms with Gasteiger partial charge in [0.25, 0.3) is 0 Å². The molecule has 8 nitrogen and oxygen atoms in total. The van der Waals surface area contributed by atoms with E-state index in [0.29, 0.717) is 11.0 Å². The van der Waals surface area contributed by atoms with Gasteiger partial charge in [0.2, 0.25) is 5.91 Å². The topological polar surface area (TPSA) is 104 Å². The number of fused-ring (bicyclic) bond motifs is 1. The Balaban J connectivity index is 1.42. The van der Waals surface area contributed by atoms with E-state index in [9.17, 15) is 14.7 Å². The molecule has 5 rings (SSSR count). The zero-order valence-corrected chi connectivity index (χ0v) is 20.5. The number of aromatic nitrogens is 4. The average molecular weight is 499 g/mol. The van der Waals surface area contributed by atoms with Crippen molar-refractivity contribution in [3.05, 3.63) is 89.7 Å². The molecular weight excluding hydrogens is 474 g/mol. The minimum Gasteiger partial charge on any atom is -0.548 e. The largest absolute Gasteiger partial charge is 0.548 e. The Morgan fingerprint density at radius 2 is 1.72 bits per heavy atom. The first-order valence-electron chi connectivity index (χ1n) is 11.7. The molecule has 4 aromatic rings. The molecule has 1 aliphatic rings. The molecule has 0 fully saturated rings. The van der Waals surface area contributed by atoms with Crippen LogP contribution in [-0.4, -0.2) is 48.3 Å². The minimum atomic E-state index is -1.25. The van der Waals surface area contributed by atoms with Crippen LogP contribution in [0.4, 0.5) is 0 Å². The SMILES string of the molecule is CCc1ccc(-n2c(SCC(=O)N3Cc4ccccc4C[C@H]3C(=O)[O-])nnc2-c2ccncc2)cc1. The van der Waals surface area contributed by atoms with E-state index in [2.05, 4.69) is 34.2 Å². The summed E-state index contributed by atoms with van der Waals surface area (Å²) in [6.07, 6.45) is 4.55. The van der Waals surface area contributed by atoms with Crippen LogP contribution in [0.25, 0.3) is 17.1 Å². The summed E-state index contributed by atoms with van der Waals surface area (Å²) in [6, 6.07) is 18.4. The number of hydrogen-bond acceptors (Lipinski definition) is 7. The van der Waals surface area contributed by atoms with Gasteiger partial charge in [0.1, 0.15) is 0 Å². The van der Waals surface area contributed by atoms with Gasteiger partial charge in [-0.25, -0.2) is 0 Å². The van der Waals surface area contributed by atoms with Gasteiger partial charge in [-0.3, -0.25) is 14.3 Å². The number of hydrogen-bond donors (Lipinski definition) is 0. The number of carboxylic acids is 1. The second-order valence-corrected chi connectivity index (χ2v) is 9.46. The lowest BCUT2D eigenvalue weighted by Gasteiger charge is -2.37. The zero-order chi connectivity index (χ0) is 25.1. The van der Waals surface area contributed by atoms with Crippen LogP contribution in [0.1, 0.15) is 23.6 Å². The van der Waals surface area contributed by atoms with Crippen molar-refractivity contribution < 1.29 is 14.7 Å². The van der Waals surface area contributed by atoms with Crippen LogP contribution < -0.4 is 5.11 Å². The zero-order valence-electron chi connectivity index (χ0n) is 19.7. The summed E-state index contributed by atoms with van der Waals surface area (Å²) in [5.74, 6) is -0.879. The number of nitrogens with zero attached hydrogens (tertiary/aromatic N) is 5. The fraction of sp³-hybridized carbons (Fsp3) is 0.222. The minimum absolute atomic E-state index is 0.0213. The Hall–Kier alpha value is -3.98. The van der Waals surface area contributed by atoms with E-state index in [1.165, 1.54) is 22.2 Å². The van der Waals surface area contributed by atoms with E-state index in [-0.39, 0.29) is 24.6 Å². The van der Waals surface area contributed by atoms with Gasteiger partial charge >= 0.3 is 0 Å². The normalized spacial score (nSPS) is 14.9. The summed E-state index contributed by atoms with van der Waals surface area (Å²) < 4.78 is 1.91. The van der Waals surface area contributed by atoms with Crippen LogP contribution in [0.5, 0.6) is 0 Å². The van der Waals surface area contributed by atoms with Crippen LogP contribution >= 0.6 is 11.8 Å². The van der Waals surface area contributed by atoms with Gasteiger partial charge in [-0.15, -0.1) is 10.2 Å². The van der Waals surface area contributed by atoms with E-state index in [0.717, 1.165) is 28.8 Å². The Bertz CT molecular complexity index is 1390. The fourth-order valence-corrected chi connectivity index (χ4v) is 5.21. The first kappa shape index (κ1) is 23.7. The Labute approximate surface area is 213 Å². The van der Waals surface area contributed by atoms with E-state index in [1.807, 2.05) is 53.1 Å². The maximum Gasteiger partial charge on any atom is 0.233 e. The van der Waals surface area contributed by atoms with Crippen LogP contribution in [0.2, 0.25) is 0 Å². The molecule has 0 saturated carbocycles. The average Bonchev–Trinajstić information content (AvgIpc) is 3.35. The van der Waals surface area contributed by atoms with Crippen molar-refractivity contribution in [2.45, 2.75) is 37.5 Å². The van der Waals surface area contributed by atoms with Crippen molar-refractivity contribution in [2.75, 3.05) is 5.75 Å². The van der Waals surface area contributed by atoms with Crippen molar-refractivity contribution in [1.29, 1.82) is 0 Å². The molecule has 0 radical (unpaired) electrons. The number of pyridine rings is 1. The standard InChI is InChI=1S/C27H25N5O3S/c1-2-18-7-9-22(10-8-18)32-25(19-11-13-28-14-12-19)29-30-27(32)36-17-24(33)31-16-21-6-4-3-5-20(21)15-23(31)26(34)35/h3-14,23H,2,15-17H2,1H3,(H,34,35)/p-1/t23-/m0/s1. The number of aliphatic carboxylic acids is 1. The lowest BCUT2D eigenvalue weighted by molar-refractivity contribution is -0.311.